The van der Waals surface area contributed by atoms with Crippen LogP contribution in [0.3, 0.4) is 0 Å². The minimum atomic E-state index is -0.414. The highest BCUT2D eigenvalue weighted by molar-refractivity contribution is 7.16. The number of carbonyl (C=O) groups is 2. The molecule has 0 spiro atoms. The van der Waals surface area contributed by atoms with Crippen LogP contribution in [0.1, 0.15) is 11.8 Å². The van der Waals surface area contributed by atoms with Crippen molar-refractivity contribution < 1.29 is 19.1 Å². The predicted molar refractivity (Wildman–Crippen MR) is 107 cm³/mol. The lowest BCUT2D eigenvalue weighted by molar-refractivity contribution is -0.141. The molecule has 0 unspecified atom stereocenters. The molecule has 1 aromatic carbocycles. The number of methoxy groups -OCH3 is 1. The first kappa shape index (κ1) is 19.6. The lowest BCUT2D eigenvalue weighted by Gasteiger charge is -2.05. The summed E-state index contributed by atoms with van der Waals surface area (Å²) in [6.07, 6.45) is 0.161. The van der Waals surface area contributed by atoms with E-state index in [1.165, 1.54) is 29.8 Å². The highest BCUT2D eigenvalue weighted by Gasteiger charge is 2.13. The van der Waals surface area contributed by atoms with E-state index < -0.39 is 5.97 Å². The van der Waals surface area contributed by atoms with Crippen LogP contribution in [-0.4, -0.2) is 30.2 Å². The molecule has 2 heterocycles. The summed E-state index contributed by atoms with van der Waals surface area (Å²) in [6, 6.07) is 9.11. The van der Waals surface area contributed by atoms with E-state index in [4.69, 9.17) is 21.1 Å². The number of aromatic nitrogens is 1. The third-order valence-electron chi connectivity index (χ3n) is 3.65. The Morgan fingerprint density at radius 3 is 2.70 bits per heavy atom. The molecule has 0 bridgehead atoms. The molecule has 0 atom stereocenters. The molecule has 0 aliphatic carbocycles. The molecule has 6 nitrogen and oxygen atoms in total. The van der Waals surface area contributed by atoms with E-state index >= 15 is 0 Å². The van der Waals surface area contributed by atoms with Crippen LogP contribution in [-0.2, 0) is 27.3 Å². The topological polar surface area (TPSA) is 69.9 Å². The Labute approximate surface area is 168 Å². The monoisotopic (exact) mass is 424 g/mol. The summed E-state index contributed by atoms with van der Waals surface area (Å²) in [5.74, 6) is 0.00816. The molecular weight excluding hydrogens is 408 g/mol. The Morgan fingerprint density at radius 2 is 2.04 bits per heavy atom. The lowest BCUT2D eigenvalue weighted by Crippen LogP contribution is -2.22. The Hall–Kier alpha value is -2.16. The van der Waals surface area contributed by atoms with E-state index in [2.05, 4.69) is 4.99 Å². The van der Waals surface area contributed by atoms with Gasteiger partial charge in [-0.3, -0.25) is 9.59 Å². The number of fused-ring (bicyclic) bond motifs is 1. The summed E-state index contributed by atoms with van der Waals surface area (Å²) in [4.78, 5) is 29.7. The zero-order valence-corrected chi connectivity index (χ0v) is 17.1. The van der Waals surface area contributed by atoms with Crippen molar-refractivity contribution >= 4 is 56.4 Å². The number of hydrogen-bond donors (Lipinski definition) is 0. The van der Waals surface area contributed by atoms with E-state index in [-0.39, 0.29) is 18.9 Å². The maximum Gasteiger partial charge on any atom is 0.325 e. The van der Waals surface area contributed by atoms with E-state index in [1.54, 1.807) is 10.6 Å². The van der Waals surface area contributed by atoms with Crippen LogP contribution in [0.25, 0.3) is 10.2 Å². The molecule has 27 heavy (non-hydrogen) atoms. The number of ether oxygens (including phenoxy) is 2. The first-order valence-electron chi connectivity index (χ1n) is 8.15. The predicted octanol–water partition coefficient (Wildman–Crippen LogP) is 3.66. The van der Waals surface area contributed by atoms with Crippen LogP contribution in [0, 0.1) is 0 Å². The molecule has 1 amide bonds. The van der Waals surface area contributed by atoms with Crippen LogP contribution in [0.2, 0.25) is 4.34 Å². The van der Waals surface area contributed by atoms with Crippen molar-refractivity contribution in [1.82, 2.24) is 4.57 Å². The van der Waals surface area contributed by atoms with Gasteiger partial charge in [0.15, 0.2) is 4.80 Å². The van der Waals surface area contributed by atoms with Crippen LogP contribution in [0.15, 0.2) is 35.3 Å². The largest absolute Gasteiger partial charge is 0.494 e. The van der Waals surface area contributed by atoms with Crippen LogP contribution < -0.4 is 9.54 Å². The lowest BCUT2D eigenvalue weighted by atomic mass is 10.3. The van der Waals surface area contributed by atoms with Gasteiger partial charge in [-0.2, -0.15) is 4.99 Å². The van der Waals surface area contributed by atoms with E-state index in [0.717, 1.165) is 20.8 Å². The van der Waals surface area contributed by atoms with Crippen LogP contribution in [0.4, 0.5) is 0 Å². The first-order valence-corrected chi connectivity index (χ1v) is 10.2. The first-order chi connectivity index (χ1) is 13.0. The third-order valence-corrected chi connectivity index (χ3v) is 5.93. The van der Waals surface area contributed by atoms with Gasteiger partial charge in [0, 0.05) is 4.88 Å². The van der Waals surface area contributed by atoms with Gasteiger partial charge < -0.3 is 14.0 Å². The summed E-state index contributed by atoms with van der Waals surface area (Å²) >= 11 is 8.58. The Kier molecular flexibility index (Phi) is 6.30. The van der Waals surface area contributed by atoms with Crippen molar-refractivity contribution in [2.45, 2.75) is 19.9 Å². The maximum atomic E-state index is 12.4. The SMILES string of the molecule is CCOc1ccc2c(c1)sc(=NC(=O)Cc1ccc(Cl)s1)n2CC(=O)OC. The Bertz CT molecular complexity index is 1050. The van der Waals surface area contributed by atoms with Gasteiger partial charge in [-0.05, 0) is 37.3 Å². The van der Waals surface area contributed by atoms with Crippen molar-refractivity contribution in [3.05, 3.63) is 44.3 Å². The molecule has 3 rings (SSSR count). The second-order valence-corrected chi connectivity index (χ2v) is 8.31. The van der Waals surface area contributed by atoms with E-state index in [1.807, 2.05) is 31.2 Å². The highest BCUT2D eigenvalue weighted by atomic mass is 35.5. The van der Waals surface area contributed by atoms with Gasteiger partial charge in [0.25, 0.3) is 5.91 Å². The molecule has 0 N–H and O–H groups in total. The van der Waals surface area contributed by atoms with Gasteiger partial charge in [0.2, 0.25) is 0 Å². The Morgan fingerprint density at radius 1 is 1.22 bits per heavy atom. The molecule has 0 aliphatic heterocycles. The molecule has 2 aromatic heterocycles. The summed E-state index contributed by atoms with van der Waals surface area (Å²) in [5, 5.41) is 0. The number of carbonyl (C=O) groups excluding carboxylic acids is 2. The molecule has 142 valence electrons. The second-order valence-electron chi connectivity index (χ2n) is 5.50. The number of thiophene rings is 1. The van der Waals surface area contributed by atoms with Crippen LogP contribution >= 0.6 is 34.3 Å². The number of benzene rings is 1. The van der Waals surface area contributed by atoms with Gasteiger partial charge in [-0.15, -0.1) is 11.3 Å². The quantitative estimate of drug-likeness (QED) is 0.566. The molecule has 9 heteroatoms. The summed E-state index contributed by atoms with van der Waals surface area (Å²) in [5.41, 5.74) is 0.791. The second kappa shape index (κ2) is 8.69. The summed E-state index contributed by atoms with van der Waals surface area (Å²) < 4.78 is 13.5. The van der Waals surface area contributed by atoms with Crippen molar-refractivity contribution in [2.75, 3.05) is 13.7 Å². The molecule has 0 saturated heterocycles. The number of rotatable bonds is 6. The number of esters is 1. The molecule has 0 radical (unpaired) electrons. The molecule has 0 saturated carbocycles. The number of amides is 1. The fraction of sp³-hybridized carbons (Fsp3) is 0.278. The fourth-order valence-corrected chi connectivity index (χ4v) is 4.64. The molecule has 0 fully saturated rings. The fourth-order valence-electron chi connectivity index (χ4n) is 2.48. The van der Waals surface area contributed by atoms with Crippen molar-refractivity contribution in [1.29, 1.82) is 0 Å². The third kappa shape index (κ3) is 4.77. The van der Waals surface area contributed by atoms with E-state index in [9.17, 15) is 9.59 Å². The van der Waals surface area contributed by atoms with Crippen molar-refractivity contribution in [2.24, 2.45) is 4.99 Å². The van der Waals surface area contributed by atoms with Gasteiger partial charge >= 0.3 is 5.97 Å². The Balaban J connectivity index is 2.01. The standard InChI is InChI=1S/C18H17ClN2O4S2/c1-3-25-11-4-6-13-14(8-11)27-18(21(13)10-17(23)24-2)20-16(22)9-12-5-7-15(19)26-12/h4-8H,3,9-10H2,1-2H3. The van der Waals surface area contributed by atoms with Gasteiger partial charge in [-0.25, -0.2) is 0 Å². The average Bonchev–Trinajstić information content (AvgIpc) is 3.18. The number of thiazole rings is 1. The summed E-state index contributed by atoms with van der Waals surface area (Å²) in [6.45, 7) is 2.44. The minimum absolute atomic E-state index is 0.0264. The molecule has 0 aliphatic rings. The van der Waals surface area contributed by atoms with Crippen LogP contribution in [0.5, 0.6) is 5.75 Å². The molecule has 3 aromatic rings. The number of nitrogens with zero attached hydrogens (tertiary/aromatic N) is 2. The summed E-state index contributed by atoms with van der Waals surface area (Å²) in [7, 11) is 1.33. The van der Waals surface area contributed by atoms with Gasteiger partial charge in [0.05, 0.1) is 34.7 Å². The number of halogens is 1. The van der Waals surface area contributed by atoms with E-state index in [0.29, 0.717) is 15.7 Å². The zero-order valence-electron chi connectivity index (χ0n) is 14.7. The zero-order chi connectivity index (χ0) is 19.4. The normalized spacial score (nSPS) is 11.7. The maximum absolute atomic E-state index is 12.4. The minimum Gasteiger partial charge on any atom is -0.494 e. The smallest absolute Gasteiger partial charge is 0.325 e. The molecular formula is C18H17ClN2O4S2. The number of hydrogen-bond acceptors (Lipinski definition) is 6. The van der Waals surface area contributed by atoms with Crippen molar-refractivity contribution in [3.8, 4) is 5.75 Å². The highest BCUT2D eigenvalue weighted by Crippen LogP contribution is 2.24. The van der Waals surface area contributed by atoms with Gasteiger partial charge in [-0.1, -0.05) is 22.9 Å². The van der Waals surface area contributed by atoms with Gasteiger partial charge in [0.1, 0.15) is 12.3 Å². The van der Waals surface area contributed by atoms with Crippen molar-refractivity contribution in [3.63, 3.8) is 0 Å². The average molecular weight is 425 g/mol.